The van der Waals surface area contributed by atoms with E-state index in [0.717, 1.165) is 0 Å². The molecule has 1 saturated heterocycles. The molecule has 0 aromatic carbocycles. The van der Waals surface area contributed by atoms with Gasteiger partial charge in [0.1, 0.15) is 11.5 Å². The van der Waals surface area contributed by atoms with Gasteiger partial charge in [0.2, 0.25) is 5.91 Å². The summed E-state index contributed by atoms with van der Waals surface area (Å²) in [6.45, 7) is 9.29. The van der Waals surface area contributed by atoms with Crippen LogP contribution >= 0.6 is 0 Å². The second-order valence-corrected chi connectivity index (χ2v) is 7.12. The van der Waals surface area contributed by atoms with Gasteiger partial charge in [-0.05, 0) is 33.3 Å². The molecule has 1 fully saturated rings. The van der Waals surface area contributed by atoms with Gasteiger partial charge >= 0.3 is 0 Å². The van der Waals surface area contributed by atoms with Crippen molar-refractivity contribution in [2.75, 3.05) is 38.0 Å². The molecule has 150 valence electrons. The third-order valence-corrected chi connectivity index (χ3v) is 4.93. The first kappa shape index (κ1) is 19.8. The molecule has 2 aromatic rings. The molecular weight excluding hydrogens is 362 g/mol. The van der Waals surface area contributed by atoms with Crippen LogP contribution in [0.1, 0.15) is 44.8 Å². The Bertz CT molecular complexity index is 906. The summed E-state index contributed by atoms with van der Waals surface area (Å²) >= 11 is 0. The minimum Gasteiger partial charge on any atom is -0.360 e. The molecule has 0 saturated carbocycles. The molecule has 2 N–H and O–H groups in total. The summed E-state index contributed by atoms with van der Waals surface area (Å²) in [6.07, 6.45) is 0. The number of aromatic amines is 1. The van der Waals surface area contributed by atoms with Crippen molar-refractivity contribution in [3.63, 3.8) is 0 Å². The van der Waals surface area contributed by atoms with E-state index in [1.165, 1.54) is 6.92 Å². The van der Waals surface area contributed by atoms with E-state index in [1.807, 2.05) is 4.90 Å². The molecule has 1 aliphatic heterocycles. The smallest absolute Gasteiger partial charge is 0.270 e. The average molecular weight is 387 g/mol. The van der Waals surface area contributed by atoms with Gasteiger partial charge in [-0.15, -0.1) is 0 Å². The summed E-state index contributed by atoms with van der Waals surface area (Å²) in [7, 11) is 0. The number of nitrogens with zero attached hydrogens (tertiary/aromatic N) is 3. The number of H-pyrrole nitrogens is 1. The van der Waals surface area contributed by atoms with Gasteiger partial charge in [-0.3, -0.25) is 19.3 Å². The number of rotatable bonds is 5. The highest BCUT2D eigenvalue weighted by Gasteiger charge is 2.27. The zero-order valence-corrected chi connectivity index (χ0v) is 16.6. The minimum absolute atomic E-state index is 0.0524. The standard InChI is InChI=1S/C19H25N5O4/c1-11-9-15(22-28-11)21-16(26)10-23-5-7-24(8-6-23)19(27)18-12(2)17(14(4)25)13(3)20-18/h9,20H,5-8,10H2,1-4H3,(H,21,22,26). The lowest BCUT2D eigenvalue weighted by atomic mass is 10.1. The molecule has 2 aromatic heterocycles. The predicted molar refractivity (Wildman–Crippen MR) is 102 cm³/mol. The largest absolute Gasteiger partial charge is 0.360 e. The lowest BCUT2D eigenvalue weighted by Crippen LogP contribution is -2.50. The van der Waals surface area contributed by atoms with Gasteiger partial charge in [-0.25, -0.2) is 0 Å². The number of anilines is 1. The topological polar surface area (TPSA) is 112 Å². The van der Waals surface area contributed by atoms with Crippen LogP contribution in [0.3, 0.4) is 0 Å². The van der Waals surface area contributed by atoms with Crippen LogP contribution in [0.15, 0.2) is 10.6 Å². The van der Waals surface area contributed by atoms with Crippen LogP contribution in [-0.4, -0.2) is 70.3 Å². The SMILES string of the molecule is CC(=O)c1c(C)[nH]c(C(=O)N2CCN(CC(=O)Nc3cc(C)on3)CC2)c1C. The van der Waals surface area contributed by atoms with Crippen LogP contribution in [0.25, 0.3) is 0 Å². The molecule has 2 amide bonds. The fraction of sp³-hybridized carbons (Fsp3) is 0.474. The molecule has 0 bridgehead atoms. The maximum Gasteiger partial charge on any atom is 0.270 e. The van der Waals surface area contributed by atoms with Crippen LogP contribution in [0.4, 0.5) is 5.82 Å². The van der Waals surface area contributed by atoms with Gasteiger partial charge in [-0.2, -0.15) is 0 Å². The van der Waals surface area contributed by atoms with Crippen LogP contribution in [0, 0.1) is 20.8 Å². The molecule has 9 nitrogen and oxygen atoms in total. The van der Waals surface area contributed by atoms with Gasteiger partial charge in [0.15, 0.2) is 11.6 Å². The van der Waals surface area contributed by atoms with Crippen LogP contribution in [-0.2, 0) is 4.79 Å². The van der Waals surface area contributed by atoms with Gasteiger partial charge in [0.05, 0.1) is 6.54 Å². The molecule has 0 atom stereocenters. The molecular formula is C19H25N5O4. The van der Waals surface area contributed by atoms with Crippen LogP contribution < -0.4 is 5.32 Å². The van der Waals surface area contributed by atoms with Crippen molar-refractivity contribution >= 4 is 23.4 Å². The Labute approximate surface area is 163 Å². The van der Waals surface area contributed by atoms with Crippen LogP contribution in [0.2, 0.25) is 0 Å². The number of carbonyl (C=O) groups excluding carboxylic acids is 3. The highest BCUT2D eigenvalue weighted by Crippen LogP contribution is 2.20. The van der Waals surface area contributed by atoms with Crippen molar-refractivity contribution in [1.82, 2.24) is 19.9 Å². The molecule has 0 unspecified atom stereocenters. The molecule has 1 aliphatic rings. The molecule has 0 spiro atoms. The maximum absolute atomic E-state index is 12.8. The molecule has 0 aliphatic carbocycles. The quantitative estimate of drug-likeness (QED) is 0.753. The minimum atomic E-state index is -0.171. The van der Waals surface area contributed by atoms with E-state index in [0.29, 0.717) is 60.3 Å². The predicted octanol–water partition coefficient (Wildman–Crippen LogP) is 1.53. The number of ketones is 1. The molecule has 9 heteroatoms. The van der Waals surface area contributed by atoms with Crippen molar-refractivity contribution in [1.29, 1.82) is 0 Å². The van der Waals surface area contributed by atoms with E-state index >= 15 is 0 Å². The summed E-state index contributed by atoms with van der Waals surface area (Å²) in [4.78, 5) is 43.5. The second kappa shape index (κ2) is 7.97. The summed E-state index contributed by atoms with van der Waals surface area (Å²) < 4.78 is 4.93. The number of aryl methyl sites for hydroxylation is 2. The van der Waals surface area contributed by atoms with Crippen molar-refractivity contribution in [2.45, 2.75) is 27.7 Å². The number of hydrogen-bond acceptors (Lipinski definition) is 6. The fourth-order valence-corrected chi connectivity index (χ4v) is 3.57. The number of piperazine rings is 1. The van der Waals surface area contributed by atoms with E-state index in [1.54, 1.807) is 31.7 Å². The maximum atomic E-state index is 12.8. The molecule has 3 heterocycles. The Morgan fingerprint density at radius 1 is 1.18 bits per heavy atom. The molecule has 28 heavy (non-hydrogen) atoms. The van der Waals surface area contributed by atoms with E-state index < -0.39 is 0 Å². The second-order valence-electron chi connectivity index (χ2n) is 7.12. The van der Waals surface area contributed by atoms with Crippen molar-refractivity contribution < 1.29 is 18.9 Å². The summed E-state index contributed by atoms with van der Waals surface area (Å²) in [6, 6.07) is 1.66. The first-order valence-electron chi connectivity index (χ1n) is 9.21. The number of aromatic nitrogens is 2. The summed E-state index contributed by atoms with van der Waals surface area (Å²) in [5.74, 6) is 0.689. The third-order valence-electron chi connectivity index (χ3n) is 4.93. The molecule has 0 radical (unpaired) electrons. The third kappa shape index (κ3) is 4.14. The Morgan fingerprint density at radius 3 is 2.39 bits per heavy atom. The monoisotopic (exact) mass is 387 g/mol. The number of carbonyl (C=O) groups is 3. The van der Waals surface area contributed by atoms with Crippen molar-refractivity contribution in [3.8, 4) is 0 Å². The van der Waals surface area contributed by atoms with E-state index in [-0.39, 0.29) is 24.1 Å². The lowest BCUT2D eigenvalue weighted by molar-refractivity contribution is -0.117. The van der Waals surface area contributed by atoms with E-state index in [9.17, 15) is 14.4 Å². The van der Waals surface area contributed by atoms with Crippen molar-refractivity contribution in [3.05, 3.63) is 34.3 Å². The van der Waals surface area contributed by atoms with Gasteiger partial charge in [0.25, 0.3) is 5.91 Å². The first-order chi connectivity index (χ1) is 13.3. The van der Waals surface area contributed by atoms with Gasteiger partial charge in [-0.1, -0.05) is 5.16 Å². The highest BCUT2D eigenvalue weighted by molar-refractivity contribution is 6.02. The Balaban J connectivity index is 1.55. The van der Waals surface area contributed by atoms with E-state index in [4.69, 9.17) is 4.52 Å². The van der Waals surface area contributed by atoms with Crippen molar-refractivity contribution in [2.24, 2.45) is 0 Å². The lowest BCUT2D eigenvalue weighted by Gasteiger charge is -2.34. The highest BCUT2D eigenvalue weighted by atomic mass is 16.5. The first-order valence-corrected chi connectivity index (χ1v) is 9.21. The zero-order chi connectivity index (χ0) is 20.4. The Hall–Kier alpha value is -2.94. The van der Waals surface area contributed by atoms with Gasteiger partial charge < -0.3 is 19.7 Å². The average Bonchev–Trinajstić information content (AvgIpc) is 3.17. The zero-order valence-electron chi connectivity index (χ0n) is 16.6. The normalized spacial score (nSPS) is 14.9. The number of hydrogen-bond donors (Lipinski definition) is 2. The Morgan fingerprint density at radius 2 is 1.86 bits per heavy atom. The van der Waals surface area contributed by atoms with E-state index in [2.05, 4.69) is 15.5 Å². The molecule has 3 rings (SSSR count). The fourth-order valence-electron chi connectivity index (χ4n) is 3.57. The summed E-state index contributed by atoms with van der Waals surface area (Å²) in [5, 5.41) is 6.44. The summed E-state index contributed by atoms with van der Waals surface area (Å²) in [5.41, 5.74) is 2.46. The number of amides is 2. The number of nitrogens with one attached hydrogen (secondary N) is 2. The van der Waals surface area contributed by atoms with Gasteiger partial charge in [0, 0.05) is 43.5 Å². The Kier molecular flexibility index (Phi) is 5.64. The number of Topliss-reactive ketones (excluding diaryl/α,β-unsaturated/α-hetero) is 1. The van der Waals surface area contributed by atoms with Crippen LogP contribution in [0.5, 0.6) is 0 Å².